The van der Waals surface area contributed by atoms with Gasteiger partial charge in [-0.25, -0.2) is 0 Å². The van der Waals surface area contributed by atoms with Gasteiger partial charge in [0, 0.05) is 0 Å². The van der Waals surface area contributed by atoms with Crippen molar-refractivity contribution in [1.82, 2.24) is 5.32 Å². The summed E-state index contributed by atoms with van der Waals surface area (Å²) < 4.78 is 6.22. The Morgan fingerprint density at radius 3 is 2.80 bits per heavy atom. The van der Waals surface area contributed by atoms with Gasteiger partial charge in [0.15, 0.2) is 0 Å². The van der Waals surface area contributed by atoms with Gasteiger partial charge in [0.1, 0.15) is 0 Å². The first-order chi connectivity index (χ1) is 7.32. The van der Waals surface area contributed by atoms with Crippen LogP contribution in [0.2, 0.25) is 0 Å². The van der Waals surface area contributed by atoms with E-state index in [2.05, 4.69) is 36.5 Å². The molecule has 80 valence electrons. The number of hydrogen-bond donors (Lipinski definition) is 1. The number of benzene rings is 1. The van der Waals surface area contributed by atoms with Gasteiger partial charge in [-0.3, -0.25) is 0 Å². The number of rotatable bonds is 0. The molecule has 1 atom stereocenters. The van der Waals surface area contributed by atoms with Crippen LogP contribution in [-0.2, 0) is 10.3 Å². The van der Waals surface area contributed by atoms with Crippen LogP contribution in [0.25, 0.3) is 0 Å². The van der Waals surface area contributed by atoms with Gasteiger partial charge in [0.2, 0.25) is 0 Å². The zero-order valence-electron chi connectivity index (χ0n) is 9.12. The van der Waals surface area contributed by atoms with Crippen LogP contribution in [0.3, 0.4) is 0 Å². The van der Waals surface area contributed by atoms with E-state index in [-0.39, 0.29) is 11.7 Å². The number of fused-ring (bicyclic) bond motifs is 2. The largest absolute Gasteiger partial charge is 0.363 e. The van der Waals surface area contributed by atoms with Crippen molar-refractivity contribution in [1.29, 1.82) is 0 Å². The Bertz CT molecular complexity index is 369. The van der Waals surface area contributed by atoms with Crippen molar-refractivity contribution in [2.24, 2.45) is 0 Å². The molecular weight excluding hydrogens is 186 g/mol. The molecule has 3 rings (SSSR count). The lowest BCUT2D eigenvalue weighted by Gasteiger charge is -2.34. The molecule has 0 saturated carbocycles. The molecule has 2 heterocycles. The second-order valence-electron chi connectivity index (χ2n) is 4.59. The average Bonchev–Trinajstić information content (AvgIpc) is 2.55. The summed E-state index contributed by atoms with van der Waals surface area (Å²) >= 11 is 0. The molecule has 0 aromatic heterocycles. The molecule has 1 aromatic carbocycles. The van der Waals surface area contributed by atoms with Crippen LogP contribution < -0.4 is 5.32 Å². The molecule has 1 fully saturated rings. The summed E-state index contributed by atoms with van der Waals surface area (Å²) in [5, 5.41) is 3.40. The van der Waals surface area contributed by atoms with Crippen LogP contribution >= 0.6 is 0 Å². The predicted octanol–water partition coefficient (Wildman–Crippen LogP) is 2.36. The lowest BCUT2D eigenvalue weighted by molar-refractivity contribution is -0.0875. The predicted molar refractivity (Wildman–Crippen MR) is 59.7 cm³/mol. The van der Waals surface area contributed by atoms with E-state index in [1.165, 1.54) is 11.1 Å². The minimum absolute atomic E-state index is 0.0151. The van der Waals surface area contributed by atoms with E-state index in [0.29, 0.717) is 0 Å². The minimum Gasteiger partial charge on any atom is -0.363 e. The Labute approximate surface area is 90.6 Å². The first kappa shape index (κ1) is 9.37. The third kappa shape index (κ3) is 1.32. The summed E-state index contributed by atoms with van der Waals surface area (Å²) in [6.45, 7) is 4.30. The minimum atomic E-state index is 0.0151. The molecule has 15 heavy (non-hydrogen) atoms. The Balaban J connectivity index is 2.06. The van der Waals surface area contributed by atoms with Gasteiger partial charge in [-0.2, -0.15) is 0 Å². The lowest BCUT2D eigenvalue weighted by Crippen LogP contribution is -2.39. The third-order valence-corrected chi connectivity index (χ3v) is 3.70. The van der Waals surface area contributed by atoms with Gasteiger partial charge in [0.05, 0.1) is 11.7 Å². The van der Waals surface area contributed by atoms with Gasteiger partial charge in [-0.05, 0) is 44.0 Å². The monoisotopic (exact) mass is 203 g/mol. The highest BCUT2D eigenvalue weighted by Crippen LogP contribution is 2.47. The maximum atomic E-state index is 6.22. The fraction of sp³-hybridized carbons (Fsp3) is 0.538. The van der Waals surface area contributed by atoms with E-state index < -0.39 is 0 Å². The molecule has 0 aliphatic carbocycles. The average molecular weight is 203 g/mol. The number of hydrogen-bond acceptors (Lipinski definition) is 2. The molecule has 0 amide bonds. The zero-order valence-corrected chi connectivity index (χ0v) is 9.12. The summed E-state index contributed by atoms with van der Waals surface area (Å²) in [5.41, 5.74) is 2.83. The quantitative estimate of drug-likeness (QED) is 0.699. The Hall–Kier alpha value is -0.860. The summed E-state index contributed by atoms with van der Waals surface area (Å²) in [6.07, 6.45) is 2.47. The molecular formula is C13H17NO. The van der Waals surface area contributed by atoms with E-state index in [1.54, 1.807) is 0 Å². The summed E-state index contributed by atoms with van der Waals surface area (Å²) in [6, 6.07) is 8.68. The van der Waals surface area contributed by atoms with Crippen molar-refractivity contribution in [3.8, 4) is 0 Å². The normalized spacial score (nSPS) is 27.9. The van der Waals surface area contributed by atoms with E-state index in [9.17, 15) is 0 Å². The highest BCUT2D eigenvalue weighted by Gasteiger charge is 2.43. The van der Waals surface area contributed by atoms with Crippen LogP contribution in [-0.4, -0.2) is 13.1 Å². The molecule has 1 saturated heterocycles. The Kier molecular flexibility index (Phi) is 2.08. The van der Waals surface area contributed by atoms with Crippen molar-refractivity contribution in [2.45, 2.75) is 31.5 Å². The highest BCUT2D eigenvalue weighted by atomic mass is 16.5. The number of nitrogens with one attached hydrogen (secondary N) is 1. The van der Waals surface area contributed by atoms with Gasteiger partial charge >= 0.3 is 0 Å². The van der Waals surface area contributed by atoms with Gasteiger partial charge < -0.3 is 10.1 Å². The van der Waals surface area contributed by atoms with E-state index in [4.69, 9.17) is 4.74 Å². The first-order valence-electron chi connectivity index (χ1n) is 5.80. The molecule has 2 aliphatic heterocycles. The Morgan fingerprint density at radius 1 is 1.27 bits per heavy atom. The fourth-order valence-corrected chi connectivity index (χ4v) is 2.95. The smallest absolute Gasteiger partial charge is 0.0967 e. The van der Waals surface area contributed by atoms with Crippen LogP contribution in [0.4, 0.5) is 0 Å². The van der Waals surface area contributed by atoms with Gasteiger partial charge in [0.25, 0.3) is 0 Å². The van der Waals surface area contributed by atoms with Crippen LogP contribution in [0.5, 0.6) is 0 Å². The second kappa shape index (κ2) is 3.32. The van der Waals surface area contributed by atoms with Crippen molar-refractivity contribution in [3.63, 3.8) is 0 Å². The van der Waals surface area contributed by atoms with Crippen LogP contribution in [0.15, 0.2) is 24.3 Å². The number of piperidine rings is 1. The maximum absolute atomic E-state index is 6.22. The standard InChI is InChI=1S/C13H17NO/c1-10-11-4-2-3-5-12(11)13(15-10)6-8-14-9-7-13/h2-5,10,14H,6-9H2,1H3/t10-/m1/s1. The molecule has 1 aromatic rings. The number of ether oxygens (including phenoxy) is 1. The van der Waals surface area contributed by atoms with Crippen molar-refractivity contribution >= 4 is 0 Å². The summed E-state index contributed by atoms with van der Waals surface area (Å²) in [4.78, 5) is 0. The zero-order chi connectivity index (χ0) is 10.3. The molecule has 1 N–H and O–H groups in total. The molecule has 0 bridgehead atoms. The van der Waals surface area contributed by atoms with Crippen LogP contribution in [0.1, 0.15) is 37.0 Å². The van der Waals surface area contributed by atoms with E-state index >= 15 is 0 Å². The van der Waals surface area contributed by atoms with Crippen molar-refractivity contribution < 1.29 is 4.74 Å². The topological polar surface area (TPSA) is 21.3 Å². The maximum Gasteiger partial charge on any atom is 0.0967 e. The summed E-state index contributed by atoms with van der Waals surface area (Å²) in [5.74, 6) is 0. The third-order valence-electron chi connectivity index (χ3n) is 3.70. The molecule has 1 spiro atoms. The van der Waals surface area contributed by atoms with Crippen molar-refractivity contribution in [2.75, 3.05) is 13.1 Å². The van der Waals surface area contributed by atoms with Crippen LogP contribution in [0, 0.1) is 0 Å². The van der Waals surface area contributed by atoms with E-state index in [1.807, 2.05) is 0 Å². The van der Waals surface area contributed by atoms with E-state index in [0.717, 1.165) is 25.9 Å². The molecule has 2 aliphatic rings. The molecule has 2 heteroatoms. The van der Waals surface area contributed by atoms with Gasteiger partial charge in [-0.15, -0.1) is 0 Å². The molecule has 0 radical (unpaired) electrons. The fourth-order valence-electron chi connectivity index (χ4n) is 2.95. The first-order valence-corrected chi connectivity index (χ1v) is 5.80. The van der Waals surface area contributed by atoms with Gasteiger partial charge in [-0.1, -0.05) is 24.3 Å². The molecule has 2 nitrogen and oxygen atoms in total. The lowest BCUT2D eigenvalue weighted by atomic mass is 9.84. The van der Waals surface area contributed by atoms with Crippen molar-refractivity contribution in [3.05, 3.63) is 35.4 Å². The Morgan fingerprint density at radius 2 is 2.00 bits per heavy atom. The summed E-state index contributed by atoms with van der Waals surface area (Å²) in [7, 11) is 0. The SMILES string of the molecule is C[C@H]1OC2(CCNCC2)c2ccccc21. The second-order valence-corrected chi connectivity index (χ2v) is 4.59. The molecule has 0 unspecified atom stereocenters. The highest BCUT2D eigenvalue weighted by molar-refractivity contribution is 5.38.